The summed E-state index contributed by atoms with van der Waals surface area (Å²) in [7, 11) is 0. The summed E-state index contributed by atoms with van der Waals surface area (Å²) in [5.74, 6) is 0.371. The molecule has 2 N–H and O–H groups in total. The fourth-order valence-corrected chi connectivity index (χ4v) is 3.50. The Morgan fingerprint density at radius 2 is 1.75 bits per heavy atom. The predicted octanol–water partition coefficient (Wildman–Crippen LogP) is 4.40. The Bertz CT molecular complexity index is 1150. The minimum Gasteiger partial charge on any atom is -0.309 e. The van der Waals surface area contributed by atoms with Crippen LogP contribution in [0.25, 0.3) is 5.69 Å². The van der Waals surface area contributed by atoms with Crippen LogP contribution in [-0.2, 0) is 11.2 Å². The number of nitrogens with zero attached hydrogens (tertiary/aromatic N) is 3. The summed E-state index contributed by atoms with van der Waals surface area (Å²) in [6.45, 7) is 4.70. The molecule has 0 saturated carbocycles. The molecule has 0 radical (unpaired) electrons. The Labute approximate surface area is 188 Å². The third-order valence-electron chi connectivity index (χ3n) is 5.29. The van der Waals surface area contributed by atoms with E-state index in [0.29, 0.717) is 12.4 Å². The van der Waals surface area contributed by atoms with Crippen molar-refractivity contribution in [2.45, 2.75) is 26.3 Å². The van der Waals surface area contributed by atoms with Crippen LogP contribution in [0, 0.1) is 13.8 Å². The molecule has 0 bridgehead atoms. The van der Waals surface area contributed by atoms with Gasteiger partial charge in [-0.05, 0) is 43.5 Å². The molecule has 2 heterocycles. The lowest BCUT2D eigenvalue weighted by molar-refractivity contribution is -0.118. The number of hydrogen-bond acceptors (Lipinski definition) is 4. The van der Waals surface area contributed by atoms with Crippen LogP contribution in [0.15, 0.2) is 85.5 Å². The smallest absolute Gasteiger partial charge is 0.247 e. The normalized spacial score (nSPS) is 11.8. The van der Waals surface area contributed by atoms with Gasteiger partial charge in [-0.15, -0.1) is 0 Å². The monoisotopic (exact) mass is 425 g/mol. The van der Waals surface area contributed by atoms with Crippen LogP contribution in [0.3, 0.4) is 0 Å². The van der Waals surface area contributed by atoms with Crippen molar-refractivity contribution in [3.8, 4) is 5.69 Å². The first kappa shape index (κ1) is 21.5. The Hall–Kier alpha value is -3.77. The number of nitrogens with one attached hydrogen (secondary N) is 2. The van der Waals surface area contributed by atoms with Crippen LogP contribution < -0.4 is 10.6 Å². The maximum Gasteiger partial charge on any atom is 0.247 e. The number of rotatable bonds is 8. The van der Waals surface area contributed by atoms with E-state index in [9.17, 15) is 4.79 Å². The summed E-state index contributed by atoms with van der Waals surface area (Å²) in [6.07, 6.45) is 6.24. The van der Waals surface area contributed by atoms with Crippen LogP contribution >= 0.6 is 0 Å². The maximum absolute atomic E-state index is 13.1. The molecular weight excluding hydrogens is 398 g/mol. The summed E-state index contributed by atoms with van der Waals surface area (Å²) < 4.78 is 1.90. The number of hydrogen-bond donors (Lipinski definition) is 2. The zero-order valence-corrected chi connectivity index (χ0v) is 18.3. The van der Waals surface area contributed by atoms with E-state index in [4.69, 9.17) is 0 Å². The highest BCUT2D eigenvalue weighted by Crippen LogP contribution is 2.17. The average Bonchev–Trinajstić information content (AvgIpc) is 3.25. The van der Waals surface area contributed by atoms with Crippen LogP contribution in [0.2, 0.25) is 0 Å². The summed E-state index contributed by atoms with van der Waals surface area (Å²) in [5.41, 5.74) is 5.22. The van der Waals surface area contributed by atoms with Crippen molar-refractivity contribution in [3.05, 3.63) is 108 Å². The quantitative estimate of drug-likeness (QED) is 0.439. The van der Waals surface area contributed by atoms with Gasteiger partial charge in [-0.1, -0.05) is 60.2 Å². The van der Waals surface area contributed by atoms with Gasteiger partial charge in [-0.25, -0.2) is 9.97 Å². The van der Waals surface area contributed by atoms with Gasteiger partial charge in [0, 0.05) is 12.7 Å². The van der Waals surface area contributed by atoms with Gasteiger partial charge in [0.15, 0.2) is 0 Å². The number of aryl methyl sites for hydroxylation is 2. The number of anilines is 1. The Morgan fingerprint density at radius 1 is 0.969 bits per heavy atom. The first-order chi connectivity index (χ1) is 15.6. The molecule has 0 spiro atoms. The SMILES string of the molecule is Cc1ccc(CCN[C@H](C(=O)Nc2ccc(-n3cnc(C)c3)cn2)c2ccccc2)cc1. The second-order valence-electron chi connectivity index (χ2n) is 7.85. The van der Waals surface area contributed by atoms with Crippen LogP contribution in [0.4, 0.5) is 5.82 Å². The number of carbonyl (C=O) groups excluding carboxylic acids is 1. The molecule has 4 rings (SSSR count). The lowest BCUT2D eigenvalue weighted by atomic mass is 10.1. The number of benzene rings is 2. The highest BCUT2D eigenvalue weighted by molar-refractivity contribution is 5.94. The van der Waals surface area contributed by atoms with Crippen molar-refractivity contribution in [1.29, 1.82) is 0 Å². The van der Waals surface area contributed by atoms with Gasteiger partial charge in [0.05, 0.1) is 23.9 Å². The summed E-state index contributed by atoms with van der Waals surface area (Å²) in [4.78, 5) is 21.8. The molecular formula is C26H27N5O. The number of aromatic nitrogens is 3. The van der Waals surface area contributed by atoms with Gasteiger partial charge in [0.25, 0.3) is 0 Å². The molecule has 0 aliphatic heterocycles. The summed E-state index contributed by atoms with van der Waals surface area (Å²) in [6, 6.07) is 21.5. The first-order valence-corrected chi connectivity index (χ1v) is 10.7. The molecule has 32 heavy (non-hydrogen) atoms. The van der Waals surface area contributed by atoms with E-state index in [2.05, 4.69) is 51.8 Å². The second kappa shape index (κ2) is 10.0. The van der Waals surface area contributed by atoms with Gasteiger partial charge in [-0.2, -0.15) is 0 Å². The van der Waals surface area contributed by atoms with E-state index in [1.54, 1.807) is 18.6 Å². The molecule has 4 aromatic rings. The zero-order valence-electron chi connectivity index (χ0n) is 18.3. The fourth-order valence-electron chi connectivity index (χ4n) is 3.50. The Kier molecular flexibility index (Phi) is 6.72. The van der Waals surface area contributed by atoms with Crippen molar-refractivity contribution in [3.63, 3.8) is 0 Å². The van der Waals surface area contributed by atoms with E-state index in [1.807, 2.05) is 54.1 Å². The van der Waals surface area contributed by atoms with E-state index >= 15 is 0 Å². The van der Waals surface area contributed by atoms with Crippen LogP contribution in [0.1, 0.15) is 28.4 Å². The number of amides is 1. The molecule has 2 aromatic carbocycles. The molecule has 162 valence electrons. The lowest BCUT2D eigenvalue weighted by Crippen LogP contribution is -2.34. The van der Waals surface area contributed by atoms with Crippen LogP contribution in [0.5, 0.6) is 0 Å². The largest absolute Gasteiger partial charge is 0.309 e. The standard InChI is InChI=1S/C26H27N5O/c1-19-8-10-21(11-9-19)14-15-27-25(22-6-4-3-5-7-22)26(32)30-24-13-12-23(16-28-24)31-17-20(2)29-18-31/h3-13,16-18,25,27H,14-15H2,1-2H3,(H,28,30,32)/t25-/m0/s1. The molecule has 1 amide bonds. The van der Waals surface area contributed by atoms with Crippen LogP contribution in [-0.4, -0.2) is 27.0 Å². The van der Waals surface area contributed by atoms with Crippen molar-refractivity contribution in [2.24, 2.45) is 0 Å². The Balaban J connectivity index is 1.43. The summed E-state index contributed by atoms with van der Waals surface area (Å²) in [5, 5.41) is 6.35. The first-order valence-electron chi connectivity index (χ1n) is 10.7. The van der Waals surface area contributed by atoms with E-state index in [0.717, 1.165) is 23.4 Å². The molecule has 6 heteroatoms. The third kappa shape index (κ3) is 5.47. The third-order valence-corrected chi connectivity index (χ3v) is 5.29. The molecule has 0 saturated heterocycles. The van der Waals surface area contributed by atoms with E-state index in [-0.39, 0.29) is 5.91 Å². The van der Waals surface area contributed by atoms with Crippen molar-refractivity contribution < 1.29 is 4.79 Å². The molecule has 6 nitrogen and oxygen atoms in total. The molecule has 0 aliphatic rings. The molecule has 1 atom stereocenters. The second-order valence-corrected chi connectivity index (χ2v) is 7.85. The average molecular weight is 426 g/mol. The molecule has 0 aliphatic carbocycles. The van der Waals surface area contributed by atoms with Gasteiger partial charge < -0.3 is 15.2 Å². The van der Waals surface area contributed by atoms with Gasteiger partial charge >= 0.3 is 0 Å². The summed E-state index contributed by atoms with van der Waals surface area (Å²) >= 11 is 0. The zero-order chi connectivity index (χ0) is 22.3. The highest BCUT2D eigenvalue weighted by atomic mass is 16.2. The minimum absolute atomic E-state index is 0.140. The van der Waals surface area contributed by atoms with E-state index in [1.165, 1.54) is 11.1 Å². The Morgan fingerprint density at radius 3 is 2.41 bits per heavy atom. The molecule has 0 fully saturated rings. The highest BCUT2D eigenvalue weighted by Gasteiger charge is 2.20. The number of imidazole rings is 1. The van der Waals surface area contributed by atoms with Gasteiger partial charge in [0.1, 0.15) is 11.9 Å². The number of pyridine rings is 1. The lowest BCUT2D eigenvalue weighted by Gasteiger charge is -2.19. The number of carbonyl (C=O) groups is 1. The van der Waals surface area contributed by atoms with Crippen molar-refractivity contribution >= 4 is 11.7 Å². The van der Waals surface area contributed by atoms with Gasteiger partial charge in [0.2, 0.25) is 5.91 Å². The van der Waals surface area contributed by atoms with Crippen molar-refractivity contribution in [1.82, 2.24) is 19.9 Å². The van der Waals surface area contributed by atoms with E-state index < -0.39 is 6.04 Å². The predicted molar refractivity (Wildman–Crippen MR) is 127 cm³/mol. The molecule has 0 unspecified atom stereocenters. The van der Waals surface area contributed by atoms with Gasteiger partial charge in [-0.3, -0.25) is 4.79 Å². The fraction of sp³-hybridized carbons (Fsp3) is 0.192. The van der Waals surface area contributed by atoms with Crippen molar-refractivity contribution in [2.75, 3.05) is 11.9 Å². The molecule has 2 aromatic heterocycles. The minimum atomic E-state index is -0.473. The topological polar surface area (TPSA) is 71.8 Å². The maximum atomic E-state index is 13.1.